The minimum Gasteiger partial charge on any atom is -0.370 e. The highest BCUT2D eigenvalue weighted by molar-refractivity contribution is 5.99. The van der Waals surface area contributed by atoms with E-state index in [-0.39, 0.29) is 5.91 Å². The van der Waals surface area contributed by atoms with Gasteiger partial charge < -0.3 is 16.0 Å². The molecule has 3 N–H and O–H groups in total. The van der Waals surface area contributed by atoms with E-state index >= 15 is 0 Å². The topological polar surface area (TPSA) is 75.4 Å². The van der Waals surface area contributed by atoms with Crippen molar-refractivity contribution in [2.75, 3.05) is 23.3 Å². The van der Waals surface area contributed by atoms with Crippen LogP contribution in [0.4, 0.5) is 11.4 Å². The van der Waals surface area contributed by atoms with Crippen LogP contribution in [0.15, 0.2) is 42.5 Å². The average molecular weight is 365 g/mol. The number of benzene rings is 2. The van der Waals surface area contributed by atoms with Crippen molar-refractivity contribution in [3.05, 3.63) is 59.2 Å². The summed E-state index contributed by atoms with van der Waals surface area (Å²) in [5, 5.41) is 3.00. The molecular formula is C22H27N3O2. The summed E-state index contributed by atoms with van der Waals surface area (Å²) >= 11 is 0. The van der Waals surface area contributed by atoms with Gasteiger partial charge in [0.1, 0.15) is 0 Å². The number of nitrogens with one attached hydrogen (secondary N) is 1. The molecule has 0 aliphatic carbocycles. The first-order chi connectivity index (χ1) is 13.0. The van der Waals surface area contributed by atoms with Gasteiger partial charge in [0.05, 0.1) is 11.4 Å². The van der Waals surface area contributed by atoms with Crippen LogP contribution in [0.3, 0.4) is 0 Å². The predicted octanol–water partition coefficient (Wildman–Crippen LogP) is 3.66. The quantitative estimate of drug-likeness (QED) is 0.820. The first-order valence-electron chi connectivity index (χ1n) is 9.57. The Balaban J connectivity index is 1.73. The summed E-state index contributed by atoms with van der Waals surface area (Å²) in [7, 11) is 0. The van der Waals surface area contributed by atoms with Gasteiger partial charge in [-0.1, -0.05) is 29.8 Å². The fourth-order valence-corrected chi connectivity index (χ4v) is 3.54. The fraction of sp³-hybridized carbons (Fsp3) is 0.364. The Morgan fingerprint density at radius 3 is 2.56 bits per heavy atom. The van der Waals surface area contributed by atoms with Crippen molar-refractivity contribution in [1.29, 1.82) is 0 Å². The lowest BCUT2D eigenvalue weighted by Gasteiger charge is -2.30. The molecule has 1 fully saturated rings. The number of hydrogen-bond donors (Lipinski definition) is 2. The third-order valence-corrected chi connectivity index (χ3v) is 4.98. The molecule has 0 aromatic heterocycles. The largest absolute Gasteiger partial charge is 0.370 e. The van der Waals surface area contributed by atoms with E-state index in [0.717, 1.165) is 37.2 Å². The highest BCUT2D eigenvalue weighted by Crippen LogP contribution is 2.30. The summed E-state index contributed by atoms with van der Waals surface area (Å²) in [6.07, 6.45) is 4.58. The Morgan fingerprint density at radius 2 is 1.85 bits per heavy atom. The van der Waals surface area contributed by atoms with Crippen molar-refractivity contribution in [3.63, 3.8) is 0 Å². The van der Waals surface area contributed by atoms with E-state index in [2.05, 4.69) is 16.3 Å². The molecular weight excluding hydrogens is 338 g/mol. The Hall–Kier alpha value is -2.82. The maximum absolute atomic E-state index is 12.5. The van der Waals surface area contributed by atoms with Crippen LogP contribution in [0.2, 0.25) is 0 Å². The van der Waals surface area contributed by atoms with E-state index in [9.17, 15) is 9.59 Å². The number of aryl methyl sites for hydroxylation is 2. The Bertz CT molecular complexity index is 826. The number of nitrogens with zero attached hydrogens (tertiary/aromatic N) is 1. The van der Waals surface area contributed by atoms with Crippen molar-refractivity contribution in [2.45, 2.75) is 39.0 Å². The molecule has 0 unspecified atom stereocenters. The van der Waals surface area contributed by atoms with Crippen molar-refractivity contribution in [3.8, 4) is 0 Å². The first kappa shape index (κ1) is 19.0. The molecule has 1 heterocycles. The van der Waals surface area contributed by atoms with Crippen molar-refractivity contribution in [2.24, 2.45) is 5.73 Å². The second-order valence-electron chi connectivity index (χ2n) is 7.18. The lowest BCUT2D eigenvalue weighted by atomic mass is 10.1. The normalized spacial score (nSPS) is 14.0. The van der Waals surface area contributed by atoms with Crippen molar-refractivity contribution in [1.82, 2.24) is 0 Å². The number of rotatable bonds is 6. The van der Waals surface area contributed by atoms with E-state index in [1.807, 2.05) is 31.2 Å². The minimum atomic E-state index is -0.490. The highest BCUT2D eigenvalue weighted by atomic mass is 16.2. The lowest BCUT2D eigenvalue weighted by molar-refractivity contribution is -0.116. The van der Waals surface area contributed by atoms with E-state index in [4.69, 9.17) is 5.73 Å². The number of piperidine rings is 1. The molecule has 2 aromatic rings. The van der Waals surface area contributed by atoms with Gasteiger partial charge in [0.25, 0.3) is 0 Å². The Kier molecular flexibility index (Phi) is 6.12. The van der Waals surface area contributed by atoms with Gasteiger partial charge in [-0.15, -0.1) is 0 Å². The molecule has 142 valence electrons. The number of primary amides is 1. The number of amides is 2. The third kappa shape index (κ3) is 5.09. The van der Waals surface area contributed by atoms with Crippen LogP contribution in [0.1, 0.15) is 47.2 Å². The Labute approximate surface area is 160 Å². The van der Waals surface area contributed by atoms with E-state index in [1.165, 1.54) is 12.0 Å². The van der Waals surface area contributed by atoms with Crippen LogP contribution in [0.5, 0.6) is 0 Å². The molecule has 0 bridgehead atoms. The van der Waals surface area contributed by atoms with Crippen LogP contribution in [0.25, 0.3) is 0 Å². The molecule has 0 spiro atoms. The van der Waals surface area contributed by atoms with E-state index < -0.39 is 5.91 Å². The number of carbonyl (C=O) groups excluding carboxylic acids is 2. The maximum atomic E-state index is 12.5. The third-order valence-electron chi connectivity index (χ3n) is 4.98. The predicted molar refractivity (Wildman–Crippen MR) is 109 cm³/mol. The lowest BCUT2D eigenvalue weighted by Crippen LogP contribution is -2.30. The number of carbonyl (C=O) groups is 2. The summed E-state index contributed by atoms with van der Waals surface area (Å²) < 4.78 is 0. The maximum Gasteiger partial charge on any atom is 0.248 e. The van der Waals surface area contributed by atoms with Crippen molar-refractivity contribution < 1.29 is 9.59 Å². The highest BCUT2D eigenvalue weighted by Gasteiger charge is 2.17. The molecule has 3 rings (SSSR count). The first-order valence-corrected chi connectivity index (χ1v) is 9.57. The van der Waals surface area contributed by atoms with Crippen LogP contribution < -0.4 is 16.0 Å². The molecule has 1 aliphatic heterocycles. The van der Waals surface area contributed by atoms with Crippen LogP contribution >= 0.6 is 0 Å². The van der Waals surface area contributed by atoms with Gasteiger partial charge in [-0.3, -0.25) is 9.59 Å². The minimum absolute atomic E-state index is 0.0589. The molecule has 27 heavy (non-hydrogen) atoms. The van der Waals surface area contributed by atoms with Gasteiger partial charge in [-0.25, -0.2) is 0 Å². The smallest absolute Gasteiger partial charge is 0.248 e. The molecule has 0 radical (unpaired) electrons. The van der Waals surface area contributed by atoms with Gasteiger partial charge in [-0.2, -0.15) is 0 Å². The molecule has 5 heteroatoms. The summed E-state index contributed by atoms with van der Waals surface area (Å²) in [4.78, 5) is 26.4. The van der Waals surface area contributed by atoms with E-state index in [0.29, 0.717) is 24.1 Å². The van der Waals surface area contributed by atoms with Gasteiger partial charge in [-0.05, 0) is 56.4 Å². The second kappa shape index (κ2) is 8.71. The molecule has 0 atom stereocenters. The fourth-order valence-electron chi connectivity index (χ4n) is 3.54. The molecule has 5 nitrogen and oxygen atoms in total. The zero-order chi connectivity index (χ0) is 19.2. The SMILES string of the molecule is Cc1cccc(CCC(=O)Nc2cc(C(N)=O)ccc2N2CCCCC2)c1. The van der Waals surface area contributed by atoms with Crippen molar-refractivity contribution >= 4 is 23.2 Å². The standard InChI is InChI=1S/C22H27N3O2/c1-16-6-5-7-17(14-16)8-11-21(26)24-19-15-18(22(23)27)9-10-20(19)25-12-3-2-4-13-25/h5-7,9-10,14-15H,2-4,8,11-13H2,1H3,(H2,23,27)(H,24,26). The molecule has 0 saturated carbocycles. The average Bonchev–Trinajstić information content (AvgIpc) is 2.67. The summed E-state index contributed by atoms with van der Waals surface area (Å²) in [5.74, 6) is -0.549. The second-order valence-corrected chi connectivity index (χ2v) is 7.18. The molecule has 2 amide bonds. The van der Waals surface area contributed by atoms with Gasteiger partial charge >= 0.3 is 0 Å². The Morgan fingerprint density at radius 1 is 1.07 bits per heavy atom. The van der Waals surface area contributed by atoms with Crippen LogP contribution in [0, 0.1) is 6.92 Å². The van der Waals surface area contributed by atoms with E-state index in [1.54, 1.807) is 12.1 Å². The summed E-state index contributed by atoms with van der Waals surface area (Å²) in [5.41, 5.74) is 9.80. The number of hydrogen-bond acceptors (Lipinski definition) is 3. The number of nitrogens with two attached hydrogens (primary N) is 1. The van der Waals surface area contributed by atoms with Gasteiger partial charge in [0.15, 0.2) is 0 Å². The number of anilines is 2. The van der Waals surface area contributed by atoms with Gasteiger partial charge in [0, 0.05) is 25.1 Å². The molecule has 1 saturated heterocycles. The summed E-state index contributed by atoms with van der Waals surface area (Å²) in [6, 6.07) is 13.5. The molecule has 1 aliphatic rings. The summed E-state index contributed by atoms with van der Waals surface area (Å²) in [6.45, 7) is 3.97. The van der Waals surface area contributed by atoms with Crippen LogP contribution in [-0.4, -0.2) is 24.9 Å². The van der Waals surface area contributed by atoms with Gasteiger partial charge in [0.2, 0.25) is 11.8 Å². The molecule has 2 aromatic carbocycles. The zero-order valence-corrected chi connectivity index (χ0v) is 15.8. The van der Waals surface area contributed by atoms with Crippen LogP contribution in [-0.2, 0) is 11.2 Å². The monoisotopic (exact) mass is 365 g/mol. The zero-order valence-electron chi connectivity index (χ0n) is 15.8.